The topological polar surface area (TPSA) is 104 Å². The molecule has 0 saturated heterocycles. The Balaban J connectivity index is 2.61. The fraction of sp³-hybridized carbons (Fsp3) is 0. The molecule has 0 aromatic heterocycles. The summed E-state index contributed by atoms with van der Waals surface area (Å²) in [6, 6.07) is 11.1. The van der Waals surface area contributed by atoms with Crippen LogP contribution in [-0.2, 0) is 0 Å². The lowest BCUT2D eigenvalue weighted by molar-refractivity contribution is 1.71. The molecule has 4 nitrogen and oxygen atoms in total. The largest absolute Gasteiger partial charge is 0.399 e. The van der Waals surface area contributed by atoms with E-state index in [0.29, 0.717) is 22.7 Å². The number of nitrogen functional groups attached to an aromatic ring is 4. The van der Waals surface area contributed by atoms with E-state index in [9.17, 15) is 0 Å². The first kappa shape index (κ1) is 10.5. The Morgan fingerprint density at radius 3 is 1.33 bits per heavy atom. The summed E-state index contributed by atoms with van der Waals surface area (Å²) in [5.41, 5.74) is 26.7. The molecule has 18 heavy (non-hydrogen) atoms. The molecule has 0 aliphatic rings. The van der Waals surface area contributed by atoms with Crippen LogP contribution in [0.4, 0.5) is 22.7 Å². The van der Waals surface area contributed by atoms with Crippen molar-refractivity contribution in [3.8, 4) is 0 Å². The van der Waals surface area contributed by atoms with Gasteiger partial charge in [0.15, 0.2) is 0 Å². The van der Waals surface area contributed by atoms with Gasteiger partial charge in [0.1, 0.15) is 0 Å². The van der Waals surface area contributed by atoms with Gasteiger partial charge in [0.05, 0.1) is 0 Å². The summed E-state index contributed by atoms with van der Waals surface area (Å²) in [4.78, 5) is 0. The molecule has 0 atom stereocenters. The Bertz CT molecular complexity index is 715. The van der Waals surface area contributed by atoms with Crippen LogP contribution >= 0.6 is 0 Å². The molecule has 0 saturated carbocycles. The van der Waals surface area contributed by atoms with Crippen LogP contribution < -0.4 is 22.9 Å². The highest BCUT2D eigenvalue weighted by atomic mass is 14.6. The second-order valence-corrected chi connectivity index (χ2v) is 4.44. The summed E-state index contributed by atoms with van der Waals surface area (Å²) in [7, 11) is 0. The number of hydrogen-bond donors (Lipinski definition) is 4. The standard InChI is InChI=1S/C14H14N4/c15-7-1-3-9-11(5-7)14(18)12-6-8(16)2-4-10(12)13(9)17/h1-6H,15-18H2. The van der Waals surface area contributed by atoms with Gasteiger partial charge >= 0.3 is 0 Å². The quantitative estimate of drug-likeness (QED) is 0.274. The van der Waals surface area contributed by atoms with Crippen LogP contribution in [0.5, 0.6) is 0 Å². The van der Waals surface area contributed by atoms with Gasteiger partial charge in [-0.15, -0.1) is 0 Å². The van der Waals surface area contributed by atoms with E-state index < -0.39 is 0 Å². The van der Waals surface area contributed by atoms with E-state index in [2.05, 4.69) is 0 Å². The van der Waals surface area contributed by atoms with Crippen molar-refractivity contribution >= 4 is 44.3 Å². The number of nitrogens with two attached hydrogens (primary N) is 4. The summed E-state index contributed by atoms with van der Waals surface area (Å²) in [5, 5.41) is 3.56. The first-order valence-corrected chi connectivity index (χ1v) is 5.63. The van der Waals surface area contributed by atoms with Crippen molar-refractivity contribution in [3.05, 3.63) is 36.4 Å². The van der Waals surface area contributed by atoms with Gasteiger partial charge in [0.25, 0.3) is 0 Å². The van der Waals surface area contributed by atoms with Crippen LogP contribution in [0, 0.1) is 0 Å². The van der Waals surface area contributed by atoms with Crippen LogP contribution in [0.25, 0.3) is 21.5 Å². The minimum Gasteiger partial charge on any atom is -0.399 e. The van der Waals surface area contributed by atoms with Crippen molar-refractivity contribution in [2.24, 2.45) is 0 Å². The molecule has 0 aliphatic heterocycles. The highest BCUT2D eigenvalue weighted by Gasteiger charge is 2.10. The van der Waals surface area contributed by atoms with Gasteiger partial charge in [-0.05, 0) is 24.3 Å². The summed E-state index contributed by atoms with van der Waals surface area (Å²) < 4.78 is 0. The zero-order valence-electron chi connectivity index (χ0n) is 9.77. The van der Waals surface area contributed by atoms with Gasteiger partial charge in [0, 0.05) is 44.3 Å². The molecule has 0 bridgehead atoms. The van der Waals surface area contributed by atoms with Gasteiger partial charge in [-0.3, -0.25) is 0 Å². The molecule has 0 unspecified atom stereocenters. The third-order valence-corrected chi connectivity index (χ3v) is 3.25. The molecule has 0 fully saturated rings. The van der Waals surface area contributed by atoms with Crippen molar-refractivity contribution in [2.45, 2.75) is 0 Å². The molecular formula is C14H14N4. The molecule has 0 aliphatic carbocycles. The van der Waals surface area contributed by atoms with E-state index in [1.54, 1.807) is 0 Å². The van der Waals surface area contributed by atoms with Gasteiger partial charge in [-0.2, -0.15) is 0 Å². The zero-order valence-corrected chi connectivity index (χ0v) is 9.77. The third kappa shape index (κ3) is 1.32. The number of rotatable bonds is 0. The van der Waals surface area contributed by atoms with Gasteiger partial charge in [-0.1, -0.05) is 12.1 Å². The Kier molecular flexibility index (Phi) is 2.01. The van der Waals surface area contributed by atoms with Crippen LogP contribution in [0.2, 0.25) is 0 Å². The summed E-state index contributed by atoms with van der Waals surface area (Å²) >= 11 is 0. The average Bonchev–Trinajstić information content (AvgIpc) is 2.35. The molecule has 4 heteroatoms. The number of hydrogen-bond acceptors (Lipinski definition) is 4. The molecule has 3 aromatic carbocycles. The third-order valence-electron chi connectivity index (χ3n) is 3.25. The average molecular weight is 238 g/mol. The van der Waals surface area contributed by atoms with Crippen molar-refractivity contribution in [2.75, 3.05) is 22.9 Å². The lowest BCUT2D eigenvalue weighted by atomic mass is 9.98. The summed E-state index contributed by atoms with van der Waals surface area (Å²) in [6.45, 7) is 0. The van der Waals surface area contributed by atoms with E-state index >= 15 is 0 Å². The molecule has 3 aromatic rings. The van der Waals surface area contributed by atoms with E-state index in [4.69, 9.17) is 22.9 Å². The van der Waals surface area contributed by atoms with Gasteiger partial charge in [0.2, 0.25) is 0 Å². The van der Waals surface area contributed by atoms with Crippen molar-refractivity contribution in [1.29, 1.82) is 0 Å². The van der Waals surface area contributed by atoms with Crippen molar-refractivity contribution in [3.63, 3.8) is 0 Å². The first-order chi connectivity index (χ1) is 8.58. The van der Waals surface area contributed by atoms with Crippen LogP contribution in [0.15, 0.2) is 36.4 Å². The Morgan fingerprint density at radius 2 is 0.889 bits per heavy atom. The maximum absolute atomic E-state index is 6.19. The molecule has 0 amide bonds. The first-order valence-electron chi connectivity index (χ1n) is 5.63. The Morgan fingerprint density at radius 1 is 0.500 bits per heavy atom. The maximum atomic E-state index is 6.19. The normalized spacial score (nSPS) is 11.1. The van der Waals surface area contributed by atoms with E-state index in [1.807, 2.05) is 36.4 Å². The number of fused-ring (bicyclic) bond motifs is 2. The fourth-order valence-electron chi connectivity index (χ4n) is 2.33. The van der Waals surface area contributed by atoms with Crippen LogP contribution in [0.3, 0.4) is 0 Å². The molecular weight excluding hydrogens is 224 g/mol. The van der Waals surface area contributed by atoms with Gasteiger partial charge in [-0.25, -0.2) is 0 Å². The Hall–Kier alpha value is -2.62. The minimum atomic E-state index is 0.661. The monoisotopic (exact) mass is 238 g/mol. The van der Waals surface area contributed by atoms with E-state index in [-0.39, 0.29) is 0 Å². The molecule has 8 N–H and O–H groups in total. The molecule has 0 radical (unpaired) electrons. The highest BCUT2D eigenvalue weighted by Crippen LogP contribution is 2.38. The van der Waals surface area contributed by atoms with Gasteiger partial charge < -0.3 is 22.9 Å². The van der Waals surface area contributed by atoms with Crippen molar-refractivity contribution < 1.29 is 0 Å². The lowest BCUT2D eigenvalue weighted by Gasteiger charge is -2.12. The van der Waals surface area contributed by atoms with E-state index in [0.717, 1.165) is 21.5 Å². The van der Waals surface area contributed by atoms with E-state index in [1.165, 1.54) is 0 Å². The second-order valence-electron chi connectivity index (χ2n) is 4.44. The Labute approximate surface area is 104 Å². The highest BCUT2D eigenvalue weighted by molar-refractivity contribution is 6.19. The van der Waals surface area contributed by atoms with Crippen LogP contribution in [0.1, 0.15) is 0 Å². The zero-order chi connectivity index (χ0) is 12.9. The molecule has 0 heterocycles. The molecule has 3 rings (SSSR count). The SMILES string of the molecule is Nc1ccc2c(N)c3ccc(N)cc3c(N)c2c1. The summed E-state index contributed by atoms with van der Waals surface area (Å²) in [6.07, 6.45) is 0. The maximum Gasteiger partial charge on any atom is 0.0476 e. The van der Waals surface area contributed by atoms with Crippen LogP contribution in [-0.4, -0.2) is 0 Å². The smallest absolute Gasteiger partial charge is 0.0476 e. The predicted molar refractivity (Wildman–Crippen MR) is 79.1 cm³/mol. The summed E-state index contributed by atoms with van der Waals surface area (Å²) in [5.74, 6) is 0. The number of anilines is 4. The molecule has 90 valence electrons. The predicted octanol–water partition coefficient (Wildman–Crippen LogP) is 2.32. The minimum absolute atomic E-state index is 0.661. The number of benzene rings is 3. The van der Waals surface area contributed by atoms with Crippen molar-refractivity contribution in [1.82, 2.24) is 0 Å². The molecule has 0 spiro atoms. The second kappa shape index (κ2) is 3.43. The lowest BCUT2D eigenvalue weighted by Crippen LogP contribution is -1.97. The fourth-order valence-corrected chi connectivity index (χ4v) is 2.33.